The molecule has 0 aliphatic heterocycles. The van der Waals surface area contributed by atoms with Gasteiger partial charge in [-0.2, -0.15) is 0 Å². The molecule has 1 unspecified atom stereocenters. The van der Waals surface area contributed by atoms with E-state index in [2.05, 4.69) is 29.3 Å². The van der Waals surface area contributed by atoms with Crippen molar-refractivity contribution in [2.75, 3.05) is 13.2 Å². The quantitative estimate of drug-likeness (QED) is 0.512. The zero-order valence-corrected chi connectivity index (χ0v) is 15.5. The summed E-state index contributed by atoms with van der Waals surface area (Å²) in [6, 6.07) is 18.0. The van der Waals surface area contributed by atoms with Crippen LogP contribution < -0.4 is 4.74 Å². The zero-order valence-electron chi connectivity index (χ0n) is 15.5. The van der Waals surface area contributed by atoms with Gasteiger partial charge in [-0.05, 0) is 31.2 Å². The number of ether oxygens (including phenoxy) is 2. The number of benzene rings is 2. The third-order valence-electron chi connectivity index (χ3n) is 4.28. The average Bonchev–Trinajstić information content (AvgIpc) is 3.01. The largest absolute Gasteiger partial charge is 0.491 e. The summed E-state index contributed by atoms with van der Waals surface area (Å²) in [5.41, 5.74) is 3.56. The number of aliphatic hydroxyl groups is 1. The van der Waals surface area contributed by atoms with Crippen molar-refractivity contribution in [2.45, 2.75) is 13.0 Å². The van der Waals surface area contributed by atoms with Crippen LogP contribution in [-0.2, 0) is 16.6 Å². The van der Waals surface area contributed by atoms with Crippen molar-refractivity contribution in [1.29, 1.82) is 0 Å². The number of hydrogen-bond acceptors (Lipinski definition) is 4. The highest BCUT2D eigenvalue weighted by Crippen LogP contribution is 2.29. The summed E-state index contributed by atoms with van der Waals surface area (Å²) in [6.45, 7) is 4.96. The fourth-order valence-electron chi connectivity index (χ4n) is 2.85. The molecule has 5 nitrogen and oxygen atoms in total. The first kappa shape index (κ1) is 18.7. The Morgan fingerprint density at radius 2 is 1.93 bits per heavy atom. The van der Waals surface area contributed by atoms with E-state index in [0.29, 0.717) is 11.3 Å². The van der Waals surface area contributed by atoms with Crippen molar-refractivity contribution in [3.05, 3.63) is 66.7 Å². The van der Waals surface area contributed by atoms with Crippen molar-refractivity contribution < 1.29 is 19.4 Å². The maximum absolute atomic E-state index is 11.4. The van der Waals surface area contributed by atoms with Crippen LogP contribution in [0.5, 0.6) is 5.75 Å². The lowest BCUT2D eigenvalue weighted by molar-refractivity contribution is -0.142. The molecule has 0 amide bonds. The second-order valence-electron chi connectivity index (χ2n) is 6.52. The van der Waals surface area contributed by atoms with Crippen LogP contribution in [0.1, 0.15) is 6.92 Å². The van der Waals surface area contributed by atoms with Crippen LogP contribution in [0.2, 0.25) is 0 Å². The molecule has 0 saturated carbocycles. The second kappa shape index (κ2) is 8.10. The molecular weight excluding hydrogens is 342 g/mol. The predicted molar refractivity (Wildman–Crippen MR) is 106 cm³/mol. The van der Waals surface area contributed by atoms with E-state index < -0.39 is 12.1 Å². The minimum Gasteiger partial charge on any atom is -0.491 e. The molecule has 140 valence electrons. The molecule has 0 fully saturated rings. The third kappa shape index (κ3) is 4.38. The van der Waals surface area contributed by atoms with Crippen molar-refractivity contribution in [2.24, 2.45) is 7.05 Å². The van der Waals surface area contributed by atoms with Crippen LogP contribution in [0.4, 0.5) is 0 Å². The second-order valence-corrected chi connectivity index (χ2v) is 6.52. The van der Waals surface area contributed by atoms with Gasteiger partial charge in [0.1, 0.15) is 25.1 Å². The smallest absolute Gasteiger partial charge is 0.333 e. The molecule has 0 saturated heterocycles. The summed E-state index contributed by atoms with van der Waals surface area (Å²) in [7, 11) is 2.03. The molecular formula is C22H23NO4. The van der Waals surface area contributed by atoms with Crippen molar-refractivity contribution >= 4 is 16.9 Å². The Labute approximate surface area is 158 Å². The van der Waals surface area contributed by atoms with E-state index in [1.807, 2.05) is 43.4 Å². The minimum atomic E-state index is -0.908. The van der Waals surface area contributed by atoms with Gasteiger partial charge in [-0.1, -0.05) is 36.9 Å². The Morgan fingerprint density at radius 1 is 1.15 bits per heavy atom. The molecule has 1 atom stereocenters. The van der Waals surface area contributed by atoms with E-state index in [9.17, 15) is 9.90 Å². The molecule has 0 radical (unpaired) electrons. The number of aliphatic hydroxyl groups excluding tert-OH is 1. The van der Waals surface area contributed by atoms with E-state index >= 15 is 0 Å². The molecule has 0 bridgehead atoms. The van der Waals surface area contributed by atoms with Gasteiger partial charge in [0.15, 0.2) is 0 Å². The topological polar surface area (TPSA) is 60.7 Å². The molecule has 0 aliphatic rings. The molecule has 1 heterocycles. The molecule has 3 aromatic rings. The first-order valence-electron chi connectivity index (χ1n) is 8.74. The Balaban J connectivity index is 1.68. The Bertz CT molecular complexity index is 973. The number of fused-ring (bicyclic) bond motifs is 1. The highest BCUT2D eigenvalue weighted by Gasteiger charge is 2.12. The fourth-order valence-corrected chi connectivity index (χ4v) is 2.85. The SMILES string of the molecule is C=C(C)C(=O)OCC(O)COc1cccc(-c2cc3ccccc3n2C)c1. The number of esters is 1. The minimum absolute atomic E-state index is 0.0298. The van der Waals surface area contributed by atoms with E-state index in [1.165, 1.54) is 5.39 Å². The van der Waals surface area contributed by atoms with Gasteiger partial charge in [0.05, 0.1) is 0 Å². The molecule has 0 spiro atoms. The zero-order chi connectivity index (χ0) is 19.4. The summed E-state index contributed by atoms with van der Waals surface area (Å²) in [5, 5.41) is 11.1. The number of para-hydroxylation sites is 1. The molecule has 2 aromatic carbocycles. The number of rotatable bonds is 7. The van der Waals surface area contributed by atoms with E-state index in [4.69, 9.17) is 9.47 Å². The van der Waals surface area contributed by atoms with Gasteiger partial charge in [-0.25, -0.2) is 4.79 Å². The monoisotopic (exact) mass is 365 g/mol. The lowest BCUT2D eigenvalue weighted by Gasteiger charge is -2.13. The van der Waals surface area contributed by atoms with Crippen LogP contribution in [0.3, 0.4) is 0 Å². The van der Waals surface area contributed by atoms with Gasteiger partial charge < -0.3 is 19.1 Å². The number of carbonyl (C=O) groups excluding carboxylic acids is 1. The predicted octanol–water partition coefficient (Wildman–Crippen LogP) is 3.70. The third-order valence-corrected chi connectivity index (χ3v) is 4.28. The maximum Gasteiger partial charge on any atom is 0.333 e. The lowest BCUT2D eigenvalue weighted by atomic mass is 10.1. The van der Waals surface area contributed by atoms with Crippen LogP contribution in [-0.4, -0.2) is 35.0 Å². The van der Waals surface area contributed by atoms with Gasteiger partial charge in [0, 0.05) is 34.8 Å². The molecule has 27 heavy (non-hydrogen) atoms. The fraction of sp³-hybridized carbons (Fsp3) is 0.227. The van der Waals surface area contributed by atoms with Crippen molar-refractivity contribution in [1.82, 2.24) is 4.57 Å². The number of aromatic nitrogens is 1. The number of nitrogens with zero attached hydrogens (tertiary/aromatic N) is 1. The summed E-state index contributed by atoms with van der Waals surface area (Å²) < 4.78 is 12.7. The molecule has 1 N–H and O–H groups in total. The molecule has 1 aromatic heterocycles. The van der Waals surface area contributed by atoms with Gasteiger partial charge >= 0.3 is 5.97 Å². The van der Waals surface area contributed by atoms with Gasteiger partial charge in [0.2, 0.25) is 0 Å². The first-order valence-corrected chi connectivity index (χ1v) is 8.74. The summed E-state index contributed by atoms with van der Waals surface area (Å²) in [5.74, 6) is 0.120. The lowest BCUT2D eigenvalue weighted by Crippen LogP contribution is -2.25. The molecule has 3 rings (SSSR count). The highest BCUT2D eigenvalue weighted by molar-refractivity contribution is 5.87. The van der Waals surface area contributed by atoms with E-state index in [-0.39, 0.29) is 13.2 Å². The number of carbonyl (C=O) groups is 1. The van der Waals surface area contributed by atoms with Crippen LogP contribution in [0, 0.1) is 0 Å². The molecule has 5 heteroatoms. The number of aryl methyl sites for hydroxylation is 1. The number of hydrogen-bond donors (Lipinski definition) is 1. The summed E-state index contributed by atoms with van der Waals surface area (Å²) in [6.07, 6.45) is -0.908. The van der Waals surface area contributed by atoms with Gasteiger partial charge in [-0.15, -0.1) is 0 Å². The average molecular weight is 365 g/mol. The molecule has 0 aliphatic carbocycles. The van der Waals surface area contributed by atoms with Gasteiger partial charge in [-0.3, -0.25) is 0 Å². The van der Waals surface area contributed by atoms with Crippen LogP contribution in [0.15, 0.2) is 66.7 Å². The Kier molecular flexibility index (Phi) is 5.62. The summed E-state index contributed by atoms with van der Waals surface area (Å²) in [4.78, 5) is 11.4. The van der Waals surface area contributed by atoms with Crippen LogP contribution in [0.25, 0.3) is 22.2 Å². The summed E-state index contributed by atoms with van der Waals surface area (Å²) >= 11 is 0. The maximum atomic E-state index is 11.4. The Hall–Kier alpha value is -3.05. The standard InChI is InChI=1S/C22H23NO4/c1-15(2)22(25)27-14-18(24)13-26-19-9-6-8-16(11-19)21-12-17-7-4-5-10-20(17)23(21)3/h4-12,18,24H,1,13-14H2,2-3H3. The van der Waals surface area contributed by atoms with E-state index in [1.54, 1.807) is 6.92 Å². The Morgan fingerprint density at radius 3 is 2.67 bits per heavy atom. The van der Waals surface area contributed by atoms with E-state index in [0.717, 1.165) is 16.8 Å². The van der Waals surface area contributed by atoms with Crippen molar-refractivity contribution in [3.8, 4) is 17.0 Å². The first-order chi connectivity index (χ1) is 13.0. The van der Waals surface area contributed by atoms with Crippen molar-refractivity contribution in [3.63, 3.8) is 0 Å². The van der Waals surface area contributed by atoms with Crippen LogP contribution >= 0.6 is 0 Å². The highest BCUT2D eigenvalue weighted by atomic mass is 16.5. The van der Waals surface area contributed by atoms with Gasteiger partial charge in [0.25, 0.3) is 0 Å². The normalized spacial score (nSPS) is 12.0.